The molecule has 10 heteroatoms. The van der Waals surface area contributed by atoms with Crippen LogP contribution >= 0.6 is 0 Å². The second kappa shape index (κ2) is 9.16. The van der Waals surface area contributed by atoms with Crippen LogP contribution in [0.25, 0.3) is 0 Å². The van der Waals surface area contributed by atoms with Crippen LogP contribution in [0.15, 0.2) is 48.5 Å². The summed E-state index contributed by atoms with van der Waals surface area (Å²) in [4.78, 5) is 61.1. The highest BCUT2D eigenvalue weighted by molar-refractivity contribution is 6.06. The van der Waals surface area contributed by atoms with Gasteiger partial charge in [0.1, 0.15) is 12.3 Å². The SMILES string of the molecule is COc1cccc(C(=O)CN(C(=O)c2ccc([N+](=O)[O-])cc2)N2C(=O)CCCC2=O)c1. The van der Waals surface area contributed by atoms with E-state index in [0.717, 1.165) is 17.1 Å². The Morgan fingerprint density at radius 2 is 1.71 bits per heavy atom. The smallest absolute Gasteiger partial charge is 0.273 e. The number of hydrazine groups is 1. The van der Waals surface area contributed by atoms with E-state index in [1.54, 1.807) is 12.1 Å². The lowest BCUT2D eigenvalue weighted by atomic mass is 10.1. The number of piperidine rings is 1. The molecule has 160 valence electrons. The molecule has 0 N–H and O–H groups in total. The summed E-state index contributed by atoms with van der Waals surface area (Å²) in [6.07, 6.45) is 0.476. The number of Topliss-reactive ketones (excluding diaryl/α,β-unsaturated/α-hetero) is 1. The van der Waals surface area contributed by atoms with E-state index in [2.05, 4.69) is 0 Å². The lowest BCUT2D eigenvalue weighted by Crippen LogP contribution is -2.56. The largest absolute Gasteiger partial charge is 0.497 e. The second-order valence-corrected chi connectivity index (χ2v) is 6.77. The van der Waals surface area contributed by atoms with Crippen molar-refractivity contribution in [1.82, 2.24) is 10.0 Å². The second-order valence-electron chi connectivity index (χ2n) is 6.77. The van der Waals surface area contributed by atoms with Crippen LogP contribution in [0.1, 0.15) is 40.0 Å². The molecule has 0 aliphatic carbocycles. The number of ketones is 1. The van der Waals surface area contributed by atoms with Gasteiger partial charge in [0, 0.05) is 36.1 Å². The molecule has 31 heavy (non-hydrogen) atoms. The van der Waals surface area contributed by atoms with Crippen LogP contribution in [0.3, 0.4) is 0 Å². The molecular weight excluding hydrogens is 406 g/mol. The topological polar surface area (TPSA) is 127 Å². The van der Waals surface area contributed by atoms with E-state index in [0.29, 0.717) is 17.2 Å². The quantitative estimate of drug-likeness (QED) is 0.288. The van der Waals surface area contributed by atoms with Gasteiger partial charge in [-0.3, -0.25) is 29.3 Å². The summed E-state index contributed by atoms with van der Waals surface area (Å²) in [6.45, 7) is -0.569. The lowest BCUT2D eigenvalue weighted by Gasteiger charge is -2.35. The highest BCUT2D eigenvalue weighted by Gasteiger charge is 2.36. The summed E-state index contributed by atoms with van der Waals surface area (Å²) in [5.74, 6) is -2.06. The van der Waals surface area contributed by atoms with E-state index in [1.165, 1.54) is 31.4 Å². The Hall–Kier alpha value is -4.08. The van der Waals surface area contributed by atoms with Gasteiger partial charge in [-0.05, 0) is 30.7 Å². The van der Waals surface area contributed by atoms with Crippen LogP contribution in [0, 0.1) is 10.1 Å². The number of nitro benzene ring substituents is 1. The van der Waals surface area contributed by atoms with Gasteiger partial charge in [-0.15, -0.1) is 0 Å². The Bertz CT molecular complexity index is 1030. The molecule has 3 rings (SSSR count). The number of ether oxygens (including phenoxy) is 1. The molecule has 0 saturated carbocycles. The van der Waals surface area contributed by atoms with Crippen molar-refractivity contribution in [2.45, 2.75) is 19.3 Å². The first-order valence-electron chi connectivity index (χ1n) is 9.41. The Labute approximate surface area is 177 Å². The molecule has 0 aromatic heterocycles. The minimum atomic E-state index is -0.797. The standard InChI is InChI=1S/C21H19N3O7/c1-31-17-5-2-4-15(12-17)18(25)13-22(23-19(26)6-3-7-20(23)27)21(28)14-8-10-16(11-9-14)24(29)30/h2,4-5,8-12H,3,6-7,13H2,1H3. The Morgan fingerprint density at radius 3 is 2.29 bits per heavy atom. The number of hydrogen-bond acceptors (Lipinski definition) is 7. The van der Waals surface area contributed by atoms with Gasteiger partial charge in [-0.1, -0.05) is 12.1 Å². The molecule has 1 aliphatic heterocycles. The molecule has 3 amide bonds. The number of benzene rings is 2. The van der Waals surface area contributed by atoms with Gasteiger partial charge in [-0.2, -0.15) is 5.01 Å². The fraction of sp³-hybridized carbons (Fsp3) is 0.238. The maximum atomic E-state index is 13.1. The number of carbonyl (C=O) groups is 4. The molecule has 1 aliphatic rings. The zero-order valence-corrected chi connectivity index (χ0v) is 16.6. The van der Waals surface area contributed by atoms with Crippen LogP contribution in [0.5, 0.6) is 5.75 Å². The van der Waals surface area contributed by atoms with E-state index in [1.807, 2.05) is 0 Å². The van der Waals surface area contributed by atoms with Gasteiger partial charge in [0.15, 0.2) is 5.78 Å². The van der Waals surface area contributed by atoms with Crippen molar-refractivity contribution in [3.05, 3.63) is 69.8 Å². The number of nitrogens with zero attached hydrogens (tertiary/aromatic N) is 3. The maximum absolute atomic E-state index is 13.1. The summed E-state index contributed by atoms with van der Waals surface area (Å²) < 4.78 is 5.10. The van der Waals surface area contributed by atoms with E-state index >= 15 is 0 Å². The first-order valence-corrected chi connectivity index (χ1v) is 9.41. The summed E-state index contributed by atoms with van der Waals surface area (Å²) in [6, 6.07) is 10.9. The van der Waals surface area contributed by atoms with Crippen LogP contribution in [-0.4, -0.2) is 52.1 Å². The van der Waals surface area contributed by atoms with E-state index in [-0.39, 0.29) is 29.7 Å². The molecule has 2 aromatic rings. The first kappa shape index (κ1) is 21.6. The lowest BCUT2D eigenvalue weighted by molar-refractivity contribution is -0.384. The van der Waals surface area contributed by atoms with Crippen LogP contribution in [0.4, 0.5) is 5.69 Å². The number of non-ortho nitro benzene ring substituents is 1. The molecule has 1 fully saturated rings. The Kier molecular flexibility index (Phi) is 6.39. The Balaban J connectivity index is 1.94. The number of methoxy groups -OCH3 is 1. The van der Waals surface area contributed by atoms with Crippen molar-refractivity contribution < 1.29 is 28.8 Å². The van der Waals surface area contributed by atoms with Crippen molar-refractivity contribution in [1.29, 1.82) is 0 Å². The molecule has 0 radical (unpaired) electrons. The third-order valence-electron chi connectivity index (χ3n) is 4.74. The number of hydrogen-bond donors (Lipinski definition) is 0. The molecule has 0 unspecified atom stereocenters. The van der Waals surface area contributed by atoms with Gasteiger partial charge < -0.3 is 4.74 Å². The summed E-state index contributed by atoms with van der Waals surface area (Å²) in [7, 11) is 1.44. The van der Waals surface area contributed by atoms with E-state index < -0.39 is 35.0 Å². The van der Waals surface area contributed by atoms with Crippen LogP contribution < -0.4 is 4.74 Å². The number of imide groups is 1. The molecule has 1 heterocycles. The third kappa shape index (κ3) is 4.74. The summed E-state index contributed by atoms with van der Waals surface area (Å²) in [5.41, 5.74) is 0.00801. The van der Waals surface area contributed by atoms with E-state index in [9.17, 15) is 29.3 Å². The van der Waals surface area contributed by atoms with Crippen molar-refractivity contribution in [3.8, 4) is 5.75 Å². The first-order chi connectivity index (χ1) is 14.8. The average molecular weight is 425 g/mol. The highest BCUT2D eigenvalue weighted by Crippen LogP contribution is 2.21. The molecule has 0 bridgehead atoms. The van der Waals surface area contributed by atoms with Gasteiger partial charge in [0.2, 0.25) is 11.8 Å². The molecule has 0 spiro atoms. The maximum Gasteiger partial charge on any atom is 0.273 e. The fourth-order valence-corrected chi connectivity index (χ4v) is 3.14. The van der Waals surface area contributed by atoms with Crippen molar-refractivity contribution in [2.75, 3.05) is 13.7 Å². The predicted octanol–water partition coefficient (Wildman–Crippen LogP) is 2.38. The highest BCUT2D eigenvalue weighted by atomic mass is 16.6. The average Bonchev–Trinajstić information content (AvgIpc) is 2.77. The number of rotatable bonds is 7. The predicted molar refractivity (Wildman–Crippen MR) is 107 cm³/mol. The minimum absolute atomic E-state index is 0.00443. The number of amides is 3. The monoisotopic (exact) mass is 425 g/mol. The summed E-state index contributed by atoms with van der Waals surface area (Å²) >= 11 is 0. The van der Waals surface area contributed by atoms with Crippen LogP contribution in [0.2, 0.25) is 0 Å². The van der Waals surface area contributed by atoms with Crippen molar-refractivity contribution >= 4 is 29.2 Å². The molecule has 10 nitrogen and oxygen atoms in total. The third-order valence-corrected chi connectivity index (χ3v) is 4.74. The van der Waals surface area contributed by atoms with Crippen LogP contribution in [-0.2, 0) is 9.59 Å². The van der Waals surface area contributed by atoms with E-state index in [4.69, 9.17) is 4.74 Å². The normalized spacial score (nSPS) is 13.6. The van der Waals surface area contributed by atoms with Crippen molar-refractivity contribution in [2.24, 2.45) is 0 Å². The number of carbonyl (C=O) groups excluding carboxylic acids is 4. The fourth-order valence-electron chi connectivity index (χ4n) is 3.14. The van der Waals surface area contributed by atoms with Crippen molar-refractivity contribution in [3.63, 3.8) is 0 Å². The molecular formula is C21H19N3O7. The minimum Gasteiger partial charge on any atom is -0.497 e. The zero-order chi connectivity index (χ0) is 22.5. The zero-order valence-electron chi connectivity index (χ0n) is 16.6. The Morgan fingerprint density at radius 1 is 1.06 bits per heavy atom. The number of nitro groups is 1. The summed E-state index contributed by atoms with van der Waals surface area (Å²) in [5, 5.41) is 12.4. The van der Waals surface area contributed by atoms with Gasteiger partial charge >= 0.3 is 0 Å². The molecule has 0 atom stereocenters. The van der Waals surface area contributed by atoms with Gasteiger partial charge in [-0.25, -0.2) is 5.01 Å². The molecule has 1 saturated heterocycles. The molecule has 2 aromatic carbocycles. The van der Waals surface area contributed by atoms with Gasteiger partial charge in [0.25, 0.3) is 11.6 Å². The van der Waals surface area contributed by atoms with Gasteiger partial charge in [0.05, 0.1) is 12.0 Å².